The third kappa shape index (κ3) is 7.04. The van der Waals surface area contributed by atoms with E-state index in [2.05, 4.69) is 22.2 Å². The van der Waals surface area contributed by atoms with Crippen LogP contribution in [0.3, 0.4) is 0 Å². The van der Waals surface area contributed by atoms with Gasteiger partial charge in [-0.1, -0.05) is 24.8 Å². The van der Waals surface area contributed by atoms with Gasteiger partial charge in [0.1, 0.15) is 6.10 Å². The first-order valence-corrected chi connectivity index (χ1v) is 12.5. The minimum Gasteiger partial charge on any atom is -0.504 e. The first-order valence-electron chi connectivity index (χ1n) is 12.5. The van der Waals surface area contributed by atoms with Gasteiger partial charge in [-0.15, -0.1) is 5.92 Å². The first-order chi connectivity index (χ1) is 16.8. The van der Waals surface area contributed by atoms with Crippen molar-refractivity contribution < 1.29 is 24.5 Å². The third-order valence-electron chi connectivity index (χ3n) is 7.31. The van der Waals surface area contributed by atoms with Crippen molar-refractivity contribution in [3.63, 3.8) is 0 Å². The van der Waals surface area contributed by atoms with Crippen LogP contribution in [0.5, 0.6) is 11.5 Å². The van der Waals surface area contributed by atoms with Gasteiger partial charge in [0.25, 0.3) is 0 Å². The highest BCUT2D eigenvalue weighted by Gasteiger charge is 2.41. The molecule has 1 aromatic rings. The van der Waals surface area contributed by atoms with Crippen molar-refractivity contribution in [1.82, 2.24) is 5.32 Å². The van der Waals surface area contributed by atoms with Gasteiger partial charge in [-0.05, 0) is 49.8 Å². The van der Waals surface area contributed by atoms with Gasteiger partial charge in [-0.3, -0.25) is 9.79 Å². The van der Waals surface area contributed by atoms with E-state index < -0.39 is 12.2 Å². The van der Waals surface area contributed by atoms with E-state index >= 15 is 0 Å². The average Bonchev–Trinajstić information content (AvgIpc) is 2.83. The van der Waals surface area contributed by atoms with Crippen LogP contribution in [0.1, 0.15) is 63.9 Å². The predicted molar refractivity (Wildman–Crippen MR) is 135 cm³/mol. The molecule has 1 fully saturated rings. The lowest BCUT2D eigenvalue weighted by molar-refractivity contribution is -0.151. The molecule has 0 aliphatic heterocycles. The zero-order valence-corrected chi connectivity index (χ0v) is 21.0. The molecule has 8 nitrogen and oxygen atoms in total. The Morgan fingerprint density at radius 1 is 1.31 bits per heavy atom. The SMILES string of the molecule is CN=C(N)N[C@@H]1CCCC[C@@]12C#CC[C@H](Cc1ccc(O)c(OC)c1)[C@@H](OC(C)=O)C[C@@H](O)CC2. The molecule has 2 aliphatic carbocycles. The fourth-order valence-corrected chi connectivity index (χ4v) is 5.41. The molecule has 35 heavy (non-hydrogen) atoms. The van der Waals surface area contributed by atoms with E-state index in [0.29, 0.717) is 37.4 Å². The Kier molecular flexibility index (Phi) is 9.27. The maximum absolute atomic E-state index is 11.9. The number of benzene rings is 1. The van der Waals surface area contributed by atoms with Crippen molar-refractivity contribution in [3.05, 3.63) is 23.8 Å². The van der Waals surface area contributed by atoms with Crippen LogP contribution in [0.2, 0.25) is 0 Å². The standard InChI is InChI=1S/C27H39N3O5/c1-18(31)35-23-17-21(32)11-14-27(12-5-4-8-25(27)30-26(28)29-2)13-6-7-20(23)15-19-9-10-22(33)24(16-19)34-3/h9-10,16,20-21,23,25,32-33H,4-5,7-8,11-12,14-15,17H2,1-3H3,(H3,28,29,30)/t20-,21+,23+,25-,27+/m1/s1. The average molecular weight is 486 g/mol. The number of carbonyl (C=O) groups is 1. The zero-order chi connectivity index (χ0) is 25.4. The van der Waals surface area contributed by atoms with Crippen LogP contribution in [0.25, 0.3) is 0 Å². The Bertz CT molecular complexity index is 969. The number of aliphatic hydroxyl groups excluding tert-OH is 1. The van der Waals surface area contributed by atoms with Crippen LogP contribution in [-0.2, 0) is 16.0 Å². The van der Waals surface area contributed by atoms with E-state index in [9.17, 15) is 15.0 Å². The van der Waals surface area contributed by atoms with Gasteiger partial charge in [0, 0.05) is 38.8 Å². The highest BCUT2D eigenvalue weighted by atomic mass is 16.5. The Balaban J connectivity index is 1.93. The molecule has 192 valence electrons. The number of nitrogens with two attached hydrogens (primary N) is 1. The molecule has 0 unspecified atom stereocenters. The molecule has 0 aromatic heterocycles. The van der Waals surface area contributed by atoms with Gasteiger partial charge in [0.15, 0.2) is 17.5 Å². The second-order valence-electron chi connectivity index (χ2n) is 9.76. The molecular formula is C27H39N3O5. The van der Waals surface area contributed by atoms with Crippen LogP contribution >= 0.6 is 0 Å². The molecule has 0 heterocycles. The highest BCUT2D eigenvalue weighted by molar-refractivity contribution is 5.78. The quantitative estimate of drug-likeness (QED) is 0.219. The molecule has 0 bridgehead atoms. The van der Waals surface area contributed by atoms with Gasteiger partial charge in [0.05, 0.1) is 18.6 Å². The number of guanidine groups is 1. The fourth-order valence-electron chi connectivity index (χ4n) is 5.41. The number of aliphatic imine (C=N–C) groups is 1. The van der Waals surface area contributed by atoms with E-state index in [1.807, 2.05) is 6.07 Å². The predicted octanol–water partition coefficient (Wildman–Crippen LogP) is 2.89. The number of phenolic OH excluding ortho intramolecular Hbond substituents is 1. The number of aromatic hydroxyl groups is 1. The maximum Gasteiger partial charge on any atom is 0.302 e. The van der Waals surface area contributed by atoms with Crippen LogP contribution in [0.4, 0.5) is 0 Å². The smallest absolute Gasteiger partial charge is 0.302 e. The van der Waals surface area contributed by atoms with Crippen LogP contribution < -0.4 is 15.8 Å². The summed E-state index contributed by atoms with van der Waals surface area (Å²) < 4.78 is 11.0. The molecule has 1 aromatic carbocycles. The summed E-state index contributed by atoms with van der Waals surface area (Å²) in [5.74, 6) is 7.40. The number of esters is 1. The summed E-state index contributed by atoms with van der Waals surface area (Å²) in [6.07, 6.45) is 5.73. The van der Waals surface area contributed by atoms with Gasteiger partial charge in [-0.2, -0.15) is 0 Å². The molecule has 1 saturated carbocycles. The summed E-state index contributed by atoms with van der Waals surface area (Å²) in [4.78, 5) is 16.0. The Labute approximate surface area is 208 Å². The summed E-state index contributed by atoms with van der Waals surface area (Å²) in [5, 5.41) is 24.3. The molecule has 0 saturated heterocycles. The van der Waals surface area contributed by atoms with Crippen molar-refractivity contribution in [2.24, 2.45) is 22.1 Å². The lowest BCUT2D eigenvalue weighted by Crippen LogP contribution is -2.51. The number of nitrogens with one attached hydrogen (secondary N) is 1. The van der Waals surface area contributed by atoms with E-state index in [1.165, 1.54) is 14.0 Å². The van der Waals surface area contributed by atoms with E-state index in [4.69, 9.17) is 15.2 Å². The molecular weight excluding hydrogens is 446 g/mol. The molecule has 5 N–H and O–H groups in total. The maximum atomic E-state index is 11.9. The highest BCUT2D eigenvalue weighted by Crippen LogP contribution is 2.41. The summed E-state index contributed by atoms with van der Waals surface area (Å²) in [5.41, 5.74) is 6.66. The summed E-state index contributed by atoms with van der Waals surface area (Å²) in [7, 11) is 3.18. The van der Waals surface area contributed by atoms with Crippen LogP contribution in [-0.4, -0.2) is 54.5 Å². The number of methoxy groups -OCH3 is 1. The number of nitrogens with zero attached hydrogens (tertiary/aromatic N) is 1. The minimum absolute atomic E-state index is 0.0710. The second-order valence-corrected chi connectivity index (χ2v) is 9.76. The van der Waals surface area contributed by atoms with Crippen molar-refractivity contribution in [2.75, 3.05) is 14.2 Å². The van der Waals surface area contributed by atoms with Crippen molar-refractivity contribution in [1.29, 1.82) is 0 Å². The van der Waals surface area contributed by atoms with E-state index in [0.717, 1.165) is 37.7 Å². The third-order valence-corrected chi connectivity index (χ3v) is 7.31. The monoisotopic (exact) mass is 485 g/mol. The topological polar surface area (TPSA) is 126 Å². The van der Waals surface area contributed by atoms with Gasteiger partial charge in [0.2, 0.25) is 0 Å². The van der Waals surface area contributed by atoms with Gasteiger partial charge < -0.3 is 30.7 Å². The number of ether oxygens (including phenoxy) is 2. The van der Waals surface area contributed by atoms with Crippen LogP contribution in [0, 0.1) is 23.2 Å². The number of aliphatic hydroxyl groups is 1. The summed E-state index contributed by atoms with van der Waals surface area (Å²) >= 11 is 0. The minimum atomic E-state index is -0.618. The van der Waals surface area contributed by atoms with E-state index in [-0.39, 0.29) is 29.1 Å². The number of carbonyl (C=O) groups excluding carboxylic acids is 1. The Morgan fingerprint density at radius 2 is 2.11 bits per heavy atom. The summed E-state index contributed by atoms with van der Waals surface area (Å²) in [6.45, 7) is 1.39. The van der Waals surface area contributed by atoms with Crippen LogP contribution in [0.15, 0.2) is 23.2 Å². The number of rotatable bonds is 5. The number of hydrogen-bond acceptors (Lipinski definition) is 6. The molecule has 3 rings (SSSR count). The first kappa shape index (κ1) is 26.7. The molecule has 1 spiro atoms. The lowest BCUT2D eigenvalue weighted by atomic mass is 9.67. The van der Waals surface area contributed by atoms with Crippen molar-refractivity contribution in [3.8, 4) is 23.3 Å². The fraction of sp³-hybridized carbons (Fsp3) is 0.630. The van der Waals surface area contributed by atoms with Crippen molar-refractivity contribution in [2.45, 2.75) is 83.0 Å². The summed E-state index contributed by atoms with van der Waals surface area (Å²) in [6, 6.07) is 5.30. The second kappa shape index (κ2) is 12.2. The molecule has 0 radical (unpaired) electrons. The number of hydrogen-bond donors (Lipinski definition) is 4. The van der Waals surface area contributed by atoms with Gasteiger partial charge in [-0.25, -0.2) is 0 Å². The van der Waals surface area contributed by atoms with Gasteiger partial charge >= 0.3 is 5.97 Å². The normalized spacial score (nSPS) is 29.5. The molecule has 8 heteroatoms. The Hall–Kier alpha value is -2.92. The molecule has 2 aliphatic rings. The zero-order valence-electron chi connectivity index (χ0n) is 21.0. The van der Waals surface area contributed by atoms with E-state index in [1.54, 1.807) is 19.2 Å². The molecule has 5 atom stereocenters. The largest absolute Gasteiger partial charge is 0.504 e. The van der Waals surface area contributed by atoms with Crippen molar-refractivity contribution >= 4 is 11.9 Å². The molecule has 0 amide bonds. The lowest BCUT2D eigenvalue weighted by Gasteiger charge is -2.42. The Morgan fingerprint density at radius 3 is 2.83 bits per heavy atom. The number of phenols is 1.